The number of aliphatic hydroxyl groups is 1. The summed E-state index contributed by atoms with van der Waals surface area (Å²) in [4.78, 5) is 32.0. The zero-order valence-electron chi connectivity index (χ0n) is 16.3. The number of thiazole rings is 1. The van der Waals surface area contributed by atoms with Crippen LogP contribution in [0.1, 0.15) is 17.2 Å². The van der Waals surface area contributed by atoms with Gasteiger partial charge in [-0.2, -0.15) is 0 Å². The van der Waals surface area contributed by atoms with Gasteiger partial charge in [0.1, 0.15) is 17.6 Å². The molecule has 0 aliphatic carbocycles. The van der Waals surface area contributed by atoms with Gasteiger partial charge in [-0.3, -0.25) is 14.5 Å². The highest BCUT2D eigenvalue weighted by molar-refractivity contribution is 9.10. The molecule has 0 spiro atoms. The van der Waals surface area contributed by atoms with Crippen molar-refractivity contribution in [3.63, 3.8) is 0 Å². The Labute approximate surface area is 194 Å². The topological polar surface area (TPSA) is 70.5 Å². The van der Waals surface area contributed by atoms with E-state index in [1.807, 2.05) is 12.1 Å². The smallest absolute Gasteiger partial charge is 0.301 e. The monoisotopic (exact) mass is 508 g/mol. The summed E-state index contributed by atoms with van der Waals surface area (Å²) < 4.78 is 16.5. The van der Waals surface area contributed by atoms with Crippen LogP contribution >= 0.6 is 27.3 Å². The van der Waals surface area contributed by atoms with Crippen LogP contribution in [-0.2, 0) is 9.59 Å². The van der Waals surface area contributed by atoms with Gasteiger partial charge in [-0.1, -0.05) is 75.8 Å². The molecule has 1 saturated heterocycles. The number of halogens is 2. The van der Waals surface area contributed by atoms with E-state index in [1.54, 1.807) is 42.5 Å². The van der Waals surface area contributed by atoms with Gasteiger partial charge in [-0.05, 0) is 24.3 Å². The second-order valence-electron chi connectivity index (χ2n) is 7.17. The first-order chi connectivity index (χ1) is 15.5. The van der Waals surface area contributed by atoms with E-state index in [4.69, 9.17) is 0 Å². The minimum Gasteiger partial charge on any atom is -0.507 e. The van der Waals surface area contributed by atoms with Crippen molar-refractivity contribution in [1.82, 2.24) is 4.98 Å². The highest BCUT2D eigenvalue weighted by atomic mass is 79.9. The lowest BCUT2D eigenvalue weighted by molar-refractivity contribution is -0.132. The summed E-state index contributed by atoms with van der Waals surface area (Å²) in [6, 6.07) is 18.6. The van der Waals surface area contributed by atoms with Gasteiger partial charge >= 0.3 is 5.91 Å². The minimum absolute atomic E-state index is 0.101. The molecule has 1 N–H and O–H groups in total. The van der Waals surface area contributed by atoms with Crippen molar-refractivity contribution in [3.05, 3.63) is 99.8 Å². The third kappa shape index (κ3) is 3.32. The maximum Gasteiger partial charge on any atom is 0.301 e. The highest BCUT2D eigenvalue weighted by Crippen LogP contribution is 2.45. The number of benzene rings is 3. The van der Waals surface area contributed by atoms with Crippen LogP contribution in [0.15, 0.2) is 82.8 Å². The first-order valence-corrected chi connectivity index (χ1v) is 11.2. The molecule has 1 atom stereocenters. The van der Waals surface area contributed by atoms with Gasteiger partial charge < -0.3 is 5.11 Å². The van der Waals surface area contributed by atoms with Crippen molar-refractivity contribution in [2.24, 2.45) is 0 Å². The Balaban J connectivity index is 1.76. The van der Waals surface area contributed by atoms with Crippen LogP contribution in [0.4, 0.5) is 9.52 Å². The summed E-state index contributed by atoms with van der Waals surface area (Å²) in [5.74, 6) is -2.70. The first kappa shape index (κ1) is 20.5. The molecule has 32 heavy (non-hydrogen) atoms. The number of carbonyl (C=O) groups excluding carboxylic acids is 2. The number of nitrogens with zero attached hydrogens (tertiary/aromatic N) is 2. The number of anilines is 1. The number of ketones is 1. The van der Waals surface area contributed by atoms with Crippen LogP contribution in [0, 0.1) is 5.82 Å². The fourth-order valence-corrected chi connectivity index (χ4v) is 5.31. The molecule has 1 aliphatic heterocycles. The summed E-state index contributed by atoms with van der Waals surface area (Å²) in [7, 11) is 0. The molecule has 0 saturated carbocycles. The molecule has 158 valence electrons. The quantitative estimate of drug-likeness (QED) is 0.215. The van der Waals surface area contributed by atoms with Crippen LogP contribution in [0.3, 0.4) is 0 Å². The van der Waals surface area contributed by atoms with E-state index in [1.165, 1.54) is 34.4 Å². The van der Waals surface area contributed by atoms with Crippen molar-refractivity contribution in [2.75, 3.05) is 4.90 Å². The molecule has 1 unspecified atom stereocenters. The molecule has 8 heteroatoms. The van der Waals surface area contributed by atoms with E-state index >= 15 is 0 Å². The zero-order valence-corrected chi connectivity index (χ0v) is 18.7. The van der Waals surface area contributed by atoms with E-state index in [-0.39, 0.29) is 22.0 Å². The second-order valence-corrected chi connectivity index (χ2v) is 9.09. The Morgan fingerprint density at radius 2 is 1.75 bits per heavy atom. The second kappa shape index (κ2) is 7.96. The molecule has 1 aliphatic rings. The number of fused-ring (bicyclic) bond motifs is 1. The first-order valence-electron chi connectivity index (χ1n) is 9.62. The number of rotatable bonds is 3. The molecule has 4 aromatic rings. The predicted octanol–water partition coefficient (Wildman–Crippen LogP) is 5.82. The molecule has 5 rings (SSSR count). The van der Waals surface area contributed by atoms with Crippen molar-refractivity contribution >= 4 is 60.1 Å². The molecule has 2 heterocycles. The Kier molecular flexibility index (Phi) is 5.11. The minimum atomic E-state index is -1.15. The number of aliphatic hydroxyl groups excluding tert-OH is 1. The molecule has 1 aromatic heterocycles. The summed E-state index contributed by atoms with van der Waals surface area (Å²) >= 11 is 4.63. The van der Waals surface area contributed by atoms with E-state index in [2.05, 4.69) is 20.9 Å². The number of aromatic nitrogens is 1. The van der Waals surface area contributed by atoms with Crippen molar-refractivity contribution in [3.8, 4) is 0 Å². The predicted molar refractivity (Wildman–Crippen MR) is 125 cm³/mol. The fraction of sp³-hybridized carbons (Fsp3) is 0.0417. The standard InChI is InChI=1S/C24H14BrFN2O3S/c25-14-10-11-17-18(12-14)32-24(27-17)28-20(15-8-4-5-9-16(15)26)19(22(30)23(28)31)21(29)13-6-2-1-3-7-13/h1-12,20,29H. The van der Waals surface area contributed by atoms with Crippen LogP contribution in [0.25, 0.3) is 16.0 Å². The summed E-state index contributed by atoms with van der Waals surface area (Å²) in [5, 5.41) is 11.3. The number of hydrogen-bond acceptors (Lipinski definition) is 5. The third-order valence-electron chi connectivity index (χ3n) is 5.24. The van der Waals surface area contributed by atoms with Crippen LogP contribution < -0.4 is 4.90 Å². The largest absolute Gasteiger partial charge is 0.507 e. The van der Waals surface area contributed by atoms with Crippen LogP contribution in [0.2, 0.25) is 0 Å². The van der Waals surface area contributed by atoms with E-state index in [0.717, 1.165) is 9.17 Å². The zero-order chi connectivity index (χ0) is 22.4. The van der Waals surface area contributed by atoms with Crippen molar-refractivity contribution < 1.29 is 19.1 Å². The van der Waals surface area contributed by atoms with Crippen LogP contribution in [-0.4, -0.2) is 21.8 Å². The Morgan fingerprint density at radius 1 is 1.03 bits per heavy atom. The lowest BCUT2D eigenvalue weighted by Crippen LogP contribution is -2.29. The highest BCUT2D eigenvalue weighted by Gasteiger charge is 2.49. The van der Waals surface area contributed by atoms with E-state index < -0.39 is 23.5 Å². The van der Waals surface area contributed by atoms with Gasteiger partial charge in [-0.15, -0.1) is 0 Å². The van der Waals surface area contributed by atoms with Gasteiger partial charge in [0.05, 0.1) is 15.8 Å². The fourth-order valence-electron chi connectivity index (χ4n) is 3.76. The average molecular weight is 509 g/mol. The maximum atomic E-state index is 14.9. The van der Waals surface area contributed by atoms with Crippen LogP contribution in [0.5, 0.6) is 0 Å². The number of carbonyl (C=O) groups is 2. The summed E-state index contributed by atoms with van der Waals surface area (Å²) in [5.41, 5.74) is 0.932. The molecular weight excluding hydrogens is 495 g/mol. The van der Waals surface area contributed by atoms with E-state index in [0.29, 0.717) is 11.1 Å². The number of Topliss-reactive ketones (excluding diaryl/α,β-unsaturated/α-hetero) is 1. The Hall–Kier alpha value is -3.36. The maximum absolute atomic E-state index is 14.9. The van der Waals surface area contributed by atoms with Gasteiger partial charge in [0.2, 0.25) is 0 Å². The molecule has 1 amide bonds. The molecule has 3 aromatic carbocycles. The summed E-state index contributed by atoms with van der Waals surface area (Å²) in [6.45, 7) is 0. The van der Waals surface area contributed by atoms with E-state index in [9.17, 15) is 19.1 Å². The summed E-state index contributed by atoms with van der Waals surface area (Å²) in [6.07, 6.45) is 0. The van der Waals surface area contributed by atoms with Gasteiger partial charge in [0, 0.05) is 15.6 Å². The molecule has 1 fully saturated rings. The number of amides is 1. The van der Waals surface area contributed by atoms with Crippen molar-refractivity contribution in [2.45, 2.75) is 6.04 Å². The van der Waals surface area contributed by atoms with Gasteiger partial charge in [0.25, 0.3) is 5.78 Å². The Bertz CT molecular complexity index is 1420. The third-order valence-corrected chi connectivity index (χ3v) is 6.75. The normalized spacial score (nSPS) is 17.9. The SMILES string of the molecule is O=C1C(=O)N(c2nc3ccc(Br)cc3s2)C(c2ccccc2F)C1=C(O)c1ccccc1. The number of hydrogen-bond donors (Lipinski definition) is 1. The molecule has 0 radical (unpaired) electrons. The molecular formula is C24H14BrFN2O3S. The average Bonchev–Trinajstić information content (AvgIpc) is 3.32. The molecule has 5 nitrogen and oxygen atoms in total. The van der Waals surface area contributed by atoms with Gasteiger partial charge in [-0.25, -0.2) is 9.37 Å². The molecule has 0 bridgehead atoms. The lowest BCUT2D eigenvalue weighted by Gasteiger charge is -2.23. The van der Waals surface area contributed by atoms with Gasteiger partial charge in [0.15, 0.2) is 5.13 Å². The lowest BCUT2D eigenvalue weighted by atomic mass is 9.95. The Morgan fingerprint density at radius 3 is 2.50 bits per heavy atom. The van der Waals surface area contributed by atoms with Crippen molar-refractivity contribution in [1.29, 1.82) is 0 Å².